The predicted octanol–water partition coefficient (Wildman–Crippen LogP) is 2.39. The standard InChI is InChI=1S/C14H23NO3/c1-5-8-15-12(10-16-2)11-6-7-13(17-3)14(9-11)18-4/h6-7,9,12,15H,5,8,10H2,1-4H3. The van der Waals surface area contributed by atoms with E-state index in [9.17, 15) is 0 Å². The van der Waals surface area contributed by atoms with Gasteiger partial charge in [-0.1, -0.05) is 13.0 Å². The lowest BCUT2D eigenvalue weighted by Crippen LogP contribution is -2.25. The van der Waals surface area contributed by atoms with E-state index in [2.05, 4.69) is 12.2 Å². The Morgan fingerprint density at radius 2 is 1.83 bits per heavy atom. The minimum atomic E-state index is 0.176. The Morgan fingerprint density at radius 1 is 1.11 bits per heavy atom. The van der Waals surface area contributed by atoms with Gasteiger partial charge in [0, 0.05) is 7.11 Å². The Balaban J connectivity index is 2.89. The first-order valence-corrected chi connectivity index (χ1v) is 6.21. The summed E-state index contributed by atoms with van der Waals surface area (Å²) in [4.78, 5) is 0. The lowest BCUT2D eigenvalue weighted by atomic mass is 10.1. The quantitative estimate of drug-likeness (QED) is 0.772. The van der Waals surface area contributed by atoms with Crippen LogP contribution in [0.3, 0.4) is 0 Å². The fourth-order valence-electron chi connectivity index (χ4n) is 1.83. The minimum Gasteiger partial charge on any atom is -0.493 e. The molecule has 0 heterocycles. The number of ether oxygens (including phenoxy) is 3. The Hall–Kier alpha value is -1.26. The molecule has 0 aromatic heterocycles. The third-order valence-electron chi connectivity index (χ3n) is 2.78. The predicted molar refractivity (Wildman–Crippen MR) is 72.5 cm³/mol. The van der Waals surface area contributed by atoms with Crippen molar-refractivity contribution in [3.8, 4) is 11.5 Å². The SMILES string of the molecule is CCCNC(COC)c1ccc(OC)c(OC)c1. The van der Waals surface area contributed by atoms with E-state index in [0.29, 0.717) is 6.61 Å². The molecule has 0 amide bonds. The van der Waals surface area contributed by atoms with Gasteiger partial charge in [0.25, 0.3) is 0 Å². The number of methoxy groups -OCH3 is 3. The molecule has 1 rings (SSSR count). The van der Waals surface area contributed by atoms with Crippen LogP contribution in [0.15, 0.2) is 18.2 Å². The van der Waals surface area contributed by atoms with Crippen molar-refractivity contribution >= 4 is 0 Å². The lowest BCUT2D eigenvalue weighted by Gasteiger charge is -2.19. The number of benzene rings is 1. The first-order chi connectivity index (χ1) is 8.76. The Kier molecular flexibility index (Phi) is 6.54. The van der Waals surface area contributed by atoms with Gasteiger partial charge in [-0.2, -0.15) is 0 Å². The number of nitrogens with one attached hydrogen (secondary N) is 1. The van der Waals surface area contributed by atoms with Gasteiger partial charge in [0.2, 0.25) is 0 Å². The van der Waals surface area contributed by atoms with Gasteiger partial charge in [0.1, 0.15) is 0 Å². The first-order valence-electron chi connectivity index (χ1n) is 6.21. The second kappa shape index (κ2) is 7.95. The molecule has 1 aromatic carbocycles. The van der Waals surface area contributed by atoms with Crippen LogP contribution in [0.2, 0.25) is 0 Å². The van der Waals surface area contributed by atoms with E-state index in [0.717, 1.165) is 30.0 Å². The van der Waals surface area contributed by atoms with Crippen molar-refractivity contribution in [2.75, 3.05) is 34.5 Å². The molecular weight excluding hydrogens is 230 g/mol. The van der Waals surface area contributed by atoms with Crippen molar-refractivity contribution in [3.05, 3.63) is 23.8 Å². The summed E-state index contributed by atoms with van der Waals surface area (Å²) in [5.41, 5.74) is 1.14. The molecule has 0 spiro atoms. The molecule has 1 N–H and O–H groups in total. The molecule has 4 heteroatoms. The molecule has 0 saturated carbocycles. The van der Waals surface area contributed by atoms with Crippen molar-refractivity contribution in [1.82, 2.24) is 5.32 Å². The zero-order valence-electron chi connectivity index (χ0n) is 11.7. The average molecular weight is 253 g/mol. The van der Waals surface area contributed by atoms with E-state index in [1.165, 1.54) is 0 Å². The fourth-order valence-corrected chi connectivity index (χ4v) is 1.83. The van der Waals surface area contributed by atoms with Gasteiger partial charge in [-0.15, -0.1) is 0 Å². The van der Waals surface area contributed by atoms with E-state index in [1.54, 1.807) is 21.3 Å². The first kappa shape index (κ1) is 14.8. The molecule has 102 valence electrons. The third-order valence-corrected chi connectivity index (χ3v) is 2.78. The summed E-state index contributed by atoms with van der Waals surface area (Å²) in [7, 11) is 4.99. The molecular formula is C14H23NO3. The van der Waals surface area contributed by atoms with Crippen LogP contribution in [0.5, 0.6) is 11.5 Å². The monoisotopic (exact) mass is 253 g/mol. The molecule has 4 nitrogen and oxygen atoms in total. The number of rotatable bonds is 8. The normalized spacial score (nSPS) is 12.2. The third kappa shape index (κ3) is 3.89. The minimum absolute atomic E-state index is 0.176. The highest BCUT2D eigenvalue weighted by molar-refractivity contribution is 5.43. The Bertz CT molecular complexity index is 355. The molecule has 1 unspecified atom stereocenters. The van der Waals surface area contributed by atoms with Gasteiger partial charge < -0.3 is 19.5 Å². The molecule has 0 radical (unpaired) electrons. The molecule has 18 heavy (non-hydrogen) atoms. The summed E-state index contributed by atoms with van der Waals surface area (Å²) in [5, 5.41) is 3.45. The van der Waals surface area contributed by atoms with Gasteiger partial charge in [0.15, 0.2) is 11.5 Å². The number of hydrogen-bond acceptors (Lipinski definition) is 4. The molecule has 0 aliphatic rings. The maximum absolute atomic E-state index is 5.32. The highest BCUT2D eigenvalue weighted by Crippen LogP contribution is 2.30. The molecule has 0 aliphatic heterocycles. The molecule has 0 fully saturated rings. The average Bonchev–Trinajstić information content (AvgIpc) is 2.42. The van der Waals surface area contributed by atoms with Crippen LogP contribution in [-0.4, -0.2) is 34.5 Å². The second-order valence-corrected chi connectivity index (χ2v) is 4.08. The van der Waals surface area contributed by atoms with Crippen molar-refractivity contribution in [3.63, 3.8) is 0 Å². The maximum Gasteiger partial charge on any atom is 0.161 e. The summed E-state index contributed by atoms with van der Waals surface area (Å²) in [6.07, 6.45) is 1.09. The molecule has 0 saturated heterocycles. The van der Waals surface area contributed by atoms with Crippen LogP contribution in [-0.2, 0) is 4.74 Å². The second-order valence-electron chi connectivity index (χ2n) is 4.08. The van der Waals surface area contributed by atoms with Crippen molar-refractivity contribution in [2.24, 2.45) is 0 Å². The van der Waals surface area contributed by atoms with Crippen LogP contribution >= 0.6 is 0 Å². The summed E-state index contributed by atoms with van der Waals surface area (Å²) < 4.78 is 15.8. The number of hydrogen-bond donors (Lipinski definition) is 1. The molecule has 1 aromatic rings. The topological polar surface area (TPSA) is 39.7 Å². The van der Waals surface area contributed by atoms with Crippen LogP contribution in [0, 0.1) is 0 Å². The highest BCUT2D eigenvalue weighted by atomic mass is 16.5. The van der Waals surface area contributed by atoms with Gasteiger partial charge in [0.05, 0.1) is 26.9 Å². The Morgan fingerprint density at radius 3 is 2.39 bits per heavy atom. The van der Waals surface area contributed by atoms with Gasteiger partial charge in [-0.05, 0) is 30.7 Å². The van der Waals surface area contributed by atoms with Gasteiger partial charge >= 0.3 is 0 Å². The van der Waals surface area contributed by atoms with Crippen LogP contribution in [0.4, 0.5) is 0 Å². The molecule has 0 bridgehead atoms. The van der Waals surface area contributed by atoms with E-state index in [-0.39, 0.29) is 6.04 Å². The molecule has 0 aliphatic carbocycles. The zero-order valence-corrected chi connectivity index (χ0v) is 11.7. The van der Waals surface area contributed by atoms with Gasteiger partial charge in [-0.3, -0.25) is 0 Å². The van der Waals surface area contributed by atoms with Crippen LogP contribution in [0.1, 0.15) is 24.9 Å². The highest BCUT2D eigenvalue weighted by Gasteiger charge is 2.13. The summed E-state index contributed by atoms with van der Waals surface area (Å²) in [6, 6.07) is 6.12. The van der Waals surface area contributed by atoms with E-state index >= 15 is 0 Å². The molecule has 1 atom stereocenters. The fraction of sp³-hybridized carbons (Fsp3) is 0.571. The van der Waals surface area contributed by atoms with E-state index in [1.807, 2.05) is 18.2 Å². The largest absolute Gasteiger partial charge is 0.493 e. The lowest BCUT2D eigenvalue weighted by molar-refractivity contribution is 0.167. The zero-order chi connectivity index (χ0) is 13.4. The van der Waals surface area contributed by atoms with Crippen LogP contribution < -0.4 is 14.8 Å². The summed E-state index contributed by atoms with van der Waals surface area (Å²) in [5.74, 6) is 1.49. The van der Waals surface area contributed by atoms with Gasteiger partial charge in [-0.25, -0.2) is 0 Å². The maximum atomic E-state index is 5.32. The summed E-state index contributed by atoms with van der Waals surface area (Å²) >= 11 is 0. The van der Waals surface area contributed by atoms with Crippen LogP contribution in [0.25, 0.3) is 0 Å². The smallest absolute Gasteiger partial charge is 0.161 e. The van der Waals surface area contributed by atoms with E-state index < -0.39 is 0 Å². The Labute approximate surface area is 109 Å². The summed E-state index contributed by atoms with van der Waals surface area (Å²) in [6.45, 7) is 3.74. The van der Waals surface area contributed by atoms with E-state index in [4.69, 9.17) is 14.2 Å². The van der Waals surface area contributed by atoms with Crippen molar-refractivity contribution in [2.45, 2.75) is 19.4 Å². The van der Waals surface area contributed by atoms with Crippen molar-refractivity contribution in [1.29, 1.82) is 0 Å². The van der Waals surface area contributed by atoms with Crippen molar-refractivity contribution < 1.29 is 14.2 Å².